The molecule has 0 bridgehead atoms. The summed E-state index contributed by atoms with van der Waals surface area (Å²) in [5.74, 6) is -3.14. The molecule has 0 saturated carbocycles. The van der Waals surface area contributed by atoms with Gasteiger partial charge in [-0.15, -0.1) is 0 Å². The van der Waals surface area contributed by atoms with Crippen molar-refractivity contribution < 1.29 is 23.9 Å². The molecule has 7 heteroatoms. The van der Waals surface area contributed by atoms with E-state index in [0.717, 1.165) is 6.07 Å². The van der Waals surface area contributed by atoms with Crippen LogP contribution in [-0.4, -0.2) is 35.5 Å². The molecular formula is C15H19FN2O4. The van der Waals surface area contributed by atoms with Crippen molar-refractivity contribution in [3.8, 4) is 0 Å². The predicted molar refractivity (Wildman–Crippen MR) is 77.8 cm³/mol. The largest absolute Gasteiger partial charge is 0.480 e. The van der Waals surface area contributed by atoms with Crippen LogP contribution >= 0.6 is 0 Å². The Morgan fingerprint density at radius 2 is 2.00 bits per heavy atom. The Bertz CT molecular complexity index is 562. The predicted octanol–water partition coefficient (Wildman–Crippen LogP) is 1.17. The summed E-state index contributed by atoms with van der Waals surface area (Å²) in [4.78, 5) is 34.5. The third-order valence-electron chi connectivity index (χ3n) is 3.29. The van der Waals surface area contributed by atoms with Crippen molar-refractivity contribution in [3.05, 3.63) is 35.6 Å². The number of carbonyl (C=O) groups is 3. The van der Waals surface area contributed by atoms with Crippen molar-refractivity contribution in [1.29, 1.82) is 0 Å². The average Bonchev–Trinajstić information content (AvgIpc) is 2.49. The van der Waals surface area contributed by atoms with Crippen LogP contribution in [0.25, 0.3) is 0 Å². The van der Waals surface area contributed by atoms with Gasteiger partial charge in [0.05, 0.1) is 6.54 Å². The molecule has 0 heterocycles. The van der Waals surface area contributed by atoms with E-state index in [-0.39, 0.29) is 18.0 Å². The Hall–Kier alpha value is -2.44. The van der Waals surface area contributed by atoms with Crippen molar-refractivity contribution in [3.63, 3.8) is 0 Å². The minimum absolute atomic E-state index is 0.0875. The molecule has 0 aromatic heterocycles. The van der Waals surface area contributed by atoms with Crippen LogP contribution in [0.1, 0.15) is 30.6 Å². The maximum Gasteiger partial charge on any atom is 0.326 e. The molecular weight excluding hydrogens is 291 g/mol. The number of hydrogen-bond acceptors (Lipinski definition) is 3. The molecule has 120 valence electrons. The Morgan fingerprint density at radius 3 is 2.55 bits per heavy atom. The molecule has 2 amide bonds. The van der Waals surface area contributed by atoms with Gasteiger partial charge in [-0.25, -0.2) is 9.18 Å². The van der Waals surface area contributed by atoms with Gasteiger partial charge in [-0.05, 0) is 24.1 Å². The molecule has 0 radical (unpaired) electrons. The van der Waals surface area contributed by atoms with E-state index in [9.17, 15) is 18.8 Å². The maximum atomic E-state index is 13.0. The van der Waals surface area contributed by atoms with Gasteiger partial charge in [-0.2, -0.15) is 0 Å². The fourth-order valence-electron chi connectivity index (χ4n) is 1.80. The van der Waals surface area contributed by atoms with Crippen molar-refractivity contribution in [2.45, 2.75) is 26.3 Å². The van der Waals surface area contributed by atoms with E-state index in [4.69, 9.17) is 5.11 Å². The highest BCUT2D eigenvalue weighted by Crippen LogP contribution is 2.07. The second-order valence-corrected chi connectivity index (χ2v) is 4.96. The van der Waals surface area contributed by atoms with Crippen LogP contribution < -0.4 is 10.6 Å². The summed E-state index contributed by atoms with van der Waals surface area (Å²) < 4.78 is 13.0. The molecule has 0 aliphatic heterocycles. The fourth-order valence-corrected chi connectivity index (χ4v) is 1.80. The first-order valence-electron chi connectivity index (χ1n) is 6.91. The number of carbonyl (C=O) groups excluding carboxylic acids is 2. The zero-order valence-electron chi connectivity index (χ0n) is 12.4. The van der Waals surface area contributed by atoms with Gasteiger partial charge in [0.2, 0.25) is 5.91 Å². The fraction of sp³-hybridized carbons (Fsp3) is 0.400. The SMILES string of the molecule is CC[C@H](C)[C@H](NC(=O)CNC(=O)c1cccc(F)c1)C(=O)O. The summed E-state index contributed by atoms with van der Waals surface area (Å²) in [6.45, 7) is 3.15. The molecule has 2 atom stereocenters. The smallest absolute Gasteiger partial charge is 0.326 e. The molecule has 6 nitrogen and oxygen atoms in total. The van der Waals surface area contributed by atoms with E-state index in [2.05, 4.69) is 10.6 Å². The second-order valence-electron chi connectivity index (χ2n) is 4.96. The van der Waals surface area contributed by atoms with E-state index < -0.39 is 29.6 Å². The maximum absolute atomic E-state index is 13.0. The van der Waals surface area contributed by atoms with Crippen molar-refractivity contribution >= 4 is 17.8 Å². The van der Waals surface area contributed by atoms with Crippen LogP contribution in [0.5, 0.6) is 0 Å². The summed E-state index contributed by atoms with van der Waals surface area (Å²) in [5.41, 5.74) is 0.0875. The van der Waals surface area contributed by atoms with Gasteiger partial charge in [0.25, 0.3) is 5.91 Å². The van der Waals surface area contributed by atoms with Crippen molar-refractivity contribution in [1.82, 2.24) is 10.6 Å². The number of carboxylic acid groups (broad SMARTS) is 1. The molecule has 0 unspecified atom stereocenters. The quantitative estimate of drug-likeness (QED) is 0.704. The number of amides is 2. The Balaban J connectivity index is 2.55. The van der Waals surface area contributed by atoms with E-state index in [1.165, 1.54) is 18.2 Å². The van der Waals surface area contributed by atoms with E-state index >= 15 is 0 Å². The number of rotatable bonds is 7. The van der Waals surface area contributed by atoms with Gasteiger partial charge < -0.3 is 15.7 Å². The van der Waals surface area contributed by atoms with E-state index in [1.54, 1.807) is 6.92 Å². The average molecular weight is 310 g/mol. The molecule has 0 spiro atoms. The topological polar surface area (TPSA) is 95.5 Å². The Kier molecular flexibility index (Phi) is 6.49. The molecule has 1 rings (SSSR count). The highest BCUT2D eigenvalue weighted by Gasteiger charge is 2.25. The number of nitrogens with one attached hydrogen (secondary N) is 2. The minimum atomic E-state index is -1.13. The third kappa shape index (κ3) is 5.16. The van der Waals surface area contributed by atoms with Gasteiger partial charge in [0, 0.05) is 5.56 Å². The third-order valence-corrected chi connectivity index (χ3v) is 3.29. The molecule has 22 heavy (non-hydrogen) atoms. The van der Waals surface area contributed by atoms with E-state index in [0.29, 0.717) is 6.42 Å². The highest BCUT2D eigenvalue weighted by atomic mass is 19.1. The Morgan fingerprint density at radius 1 is 1.32 bits per heavy atom. The lowest BCUT2D eigenvalue weighted by Crippen LogP contribution is -2.48. The number of hydrogen-bond donors (Lipinski definition) is 3. The van der Waals surface area contributed by atoms with Crippen LogP contribution in [0.15, 0.2) is 24.3 Å². The zero-order valence-corrected chi connectivity index (χ0v) is 12.4. The summed E-state index contributed by atoms with van der Waals surface area (Å²) in [5, 5.41) is 13.7. The van der Waals surface area contributed by atoms with Gasteiger partial charge in [-0.3, -0.25) is 9.59 Å². The van der Waals surface area contributed by atoms with Crippen LogP contribution in [-0.2, 0) is 9.59 Å². The zero-order chi connectivity index (χ0) is 16.7. The number of benzene rings is 1. The number of halogens is 1. The lowest BCUT2D eigenvalue weighted by atomic mass is 9.99. The van der Waals surface area contributed by atoms with Crippen molar-refractivity contribution in [2.24, 2.45) is 5.92 Å². The first-order valence-corrected chi connectivity index (χ1v) is 6.91. The normalized spacial score (nSPS) is 13.0. The van der Waals surface area contributed by atoms with E-state index in [1.807, 2.05) is 6.92 Å². The lowest BCUT2D eigenvalue weighted by Gasteiger charge is -2.20. The van der Waals surface area contributed by atoms with Crippen LogP contribution in [0.2, 0.25) is 0 Å². The second kappa shape index (κ2) is 8.11. The molecule has 0 saturated heterocycles. The summed E-state index contributed by atoms with van der Waals surface area (Å²) in [6.07, 6.45) is 0.590. The highest BCUT2D eigenvalue weighted by molar-refractivity contribution is 5.96. The molecule has 1 aromatic rings. The molecule has 0 aliphatic carbocycles. The van der Waals surface area contributed by atoms with Gasteiger partial charge in [-0.1, -0.05) is 26.3 Å². The number of aliphatic carboxylic acids is 1. The molecule has 0 aliphatic rings. The van der Waals surface area contributed by atoms with Gasteiger partial charge in [0.15, 0.2) is 0 Å². The van der Waals surface area contributed by atoms with Crippen molar-refractivity contribution in [2.75, 3.05) is 6.54 Å². The van der Waals surface area contributed by atoms with Gasteiger partial charge >= 0.3 is 5.97 Å². The standard InChI is InChI=1S/C15H19FN2O4/c1-3-9(2)13(15(21)22)18-12(19)8-17-14(20)10-5-4-6-11(16)7-10/h4-7,9,13H,3,8H2,1-2H3,(H,17,20)(H,18,19)(H,21,22)/t9-,13-/m0/s1. The summed E-state index contributed by atoms with van der Waals surface area (Å²) >= 11 is 0. The molecule has 0 fully saturated rings. The molecule has 3 N–H and O–H groups in total. The Labute approximate surface area is 127 Å². The summed E-state index contributed by atoms with van der Waals surface area (Å²) in [6, 6.07) is 4.03. The monoisotopic (exact) mass is 310 g/mol. The van der Waals surface area contributed by atoms with Crippen LogP contribution in [0.3, 0.4) is 0 Å². The summed E-state index contributed by atoms with van der Waals surface area (Å²) in [7, 11) is 0. The van der Waals surface area contributed by atoms with Crippen LogP contribution in [0, 0.1) is 11.7 Å². The first-order chi connectivity index (χ1) is 10.3. The van der Waals surface area contributed by atoms with Crippen LogP contribution in [0.4, 0.5) is 4.39 Å². The lowest BCUT2D eigenvalue weighted by molar-refractivity contribution is -0.143. The first kappa shape index (κ1) is 17.6. The minimum Gasteiger partial charge on any atom is -0.480 e. The number of carboxylic acids is 1. The van der Waals surface area contributed by atoms with Gasteiger partial charge in [0.1, 0.15) is 11.9 Å². The molecule has 1 aromatic carbocycles.